The number of fused-ring (bicyclic) bond motifs is 1. The zero-order valence-corrected chi connectivity index (χ0v) is 13.7. The third-order valence-electron chi connectivity index (χ3n) is 3.69. The van der Waals surface area contributed by atoms with Gasteiger partial charge in [0.05, 0.1) is 21.9 Å². The molecule has 2 heterocycles. The standard InChI is InChI=1S/C17H14N4O5/c1-10-4-5-20-15(6-10)19-11(7-16(20)22)9-26-17(23)13-3-2-12(21(24)25)8-14(13)18/h2-8H,9,18H2,1H3. The summed E-state index contributed by atoms with van der Waals surface area (Å²) in [5.41, 5.74) is 6.76. The summed E-state index contributed by atoms with van der Waals surface area (Å²) >= 11 is 0. The Morgan fingerprint density at radius 1 is 1.31 bits per heavy atom. The summed E-state index contributed by atoms with van der Waals surface area (Å²) in [7, 11) is 0. The molecule has 1 aromatic carbocycles. The predicted octanol–water partition coefficient (Wildman–Crippen LogP) is 1.85. The highest BCUT2D eigenvalue weighted by atomic mass is 16.6. The maximum absolute atomic E-state index is 12.1. The first-order valence-electron chi connectivity index (χ1n) is 7.55. The Balaban J connectivity index is 1.80. The van der Waals surface area contributed by atoms with Crippen LogP contribution in [-0.2, 0) is 11.3 Å². The summed E-state index contributed by atoms with van der Waals surface area (Å²) < 4.78 is 6.51. The summed E-state index contributed by atoms with van der Waals surface area (Å²) in [5, 5.41) is 10.7. The van der Waals surface area contributed by atoms with Crippen LogP contribution in [0.15, 0.2) is 47.4 Å². The number of non-ortho nitro benzene ring substituents is 1. The largest absolute Gasteiger partial charge is 0.456 e. The summed E-state index contributed by atoms with van der Waals surface area (Å²) in [5.74, 6) is -0.761. The highest BCUT2D eigenvalue weighted by molar-refractivity contribution is 5.95. The van der Waals surface area contributed by atoms with Gasteiger partial charge in [-0.25, -0.2) is 9.78 Å². The fraction of sp³-hybridized carbons (Fsp3) is 0.118. The number of nitrogens with two attached hydrogens (primary N) is 1. The van der Waals surface area contributed by atoms with Crippen LogP contribution in [0.2, 0.25) is 0 Å². The van der Waals surface area contributed by atoms with E-state index in [1.54, 1.807) is 18.3 Å². The first-order chi connectivity index (χ1) is 12.3. The molecule has 9 heteroatoms. The minimum Gasteiger partial charge on any atom is -0.456 e. The van der Waals surface area contributed by atoms with E-state index in [1.807, 2.05) is 6.92 Å². The van der Waals surface area contributed by atoms with Crippen molar-refractivity contribution >= 4 is 23.0 Å². The van der Waals surface area contributed by atoms with E-state index in [2.05, 4.69) is 4.98 Å². The average molecular weight is 354 g/mol. The number of anilines is 1. The fourth-order valence-corrected chi connectivity index (χ4v) is 2.39. The third kappa shape index (κ3) is 3.36. The molecule has 9 nitrogen and oxygen atoms in total. The van der Waals surface area contributed by atoms with Gasteiger partial charge in [-0.05, 0) is 30.7 Å². The van der Waals surface area contributed by atoms with Crippen molar-refractivity contribution in [2.24, 2.45) is 0 Å². The number of nitrogens with zero attached hydrogens (tertiary/aromatic N) is 3. The monoisotopic (exact) mass is 354 g/mol. The topological polar surface area (TPSA) is 130 Å². The Hall–Kier alpha value is -3.75. The van der Waals surface area contributed by atoms with E-state index >= 15 is 0 Å². The van der Waals surface area contributed by atoms with Crippen molar-refractivity contribution < 1.29 is 14.5 Å². The lowest BCUT2D eigenvalue weighted by atomic mass is 10.1. The van der Waals surface area contributed by atoms with Crippen molar-refractivity contribution in [3.8, 4) is 0 Å². The number of ether oxygens (including phenoxy) is 1. The van der Waals surface area contributed by atoms with E-state index in [0.717, 1.165) is 17.7 Å². The highest BCUT2D eigenvalue weighted by Crippen LogP contribution is 2.20. The van der Waals surface area contributed by atoms with Crippen LogP contribution >= 0.6 is 0 Å². The second-order valence-electron chi connectivity index (χ2n) is 5.62. The number of carbonyl (C=O) groups excluding carboxylic acids is 1. The molecule has 0 fully saturated rings. The summed E-state index contributed by atoms with van der Waals surface area (Å²) in [6.07, 6.45) is 1.62. The number of aromatic nitrogens is 2. The maximum atomic E-state index is 12.1. The third-order valence-corrected chi connectivity index (χ3v) is 3.69. The molecule has 0 aliphatic rings. The van der Waals surface area contributed by atoms with Gasteiger partial charge in [-0.3, -0.25) is 19.3 Å². The minimum absolute atomic E-state index is 0.00366. The van der Waals surface area contributed by atoms with Crippen molar-refractivity contribution in [2.75, 3.05) is 5.73 Å². The van der Waals surface area contributed by atoms with E-state index < -0.39 is 10.9 Å². The first-order valence-corrected chi connectivity index (χ1v) is 7.55. The van der Waals surface area contributed by atoms with Crippen LogP contribution in [0.1, 0.15) is 21.6 Å². The van der Waals surface area contributed by atoms with E-state index in [0.29, 0.717) is 5.65 Å². The molecule has 3 aromatic rings. The molecule has 0 aliphatic carbocycles. The number of aryl methyl sites for hydroxylation is 1. The molecule has 0 bridgehead atoms. The Kier molecular flexibility index (Phi) is 4.36. The van der Waals surface area contributed by atoms with Gasteiger partial charge < -0.3 is 10.5 Å². The average Bonchev–Trinajstić information content (AvgIpc) is 2.59. The van der Waals surface area contributed by atoms with Gasteiger partial charge in [0.25, 0.3) is 11.2 Å². The number of esters is 1. The van der Waals surface area contributed by atoms with Crippen molar-refractivity contribution in [3.63, 3.8) is 0 Å². The number of carbonyl (C=O) groups is 1. The summed E-state index contributed by atoms with van der Waals surface area (Å²) in [4.78, 5) is 38.6. The molecule has 0 radical (unpaired) electrons. The lowest BCUT2D eigenvalue weighted by molar-refractivity contribution is -0.384. The van der Waals surface area contributed by atoms with Gasteiger partial charge in [-0.15, -0.1) is 0 Å². The molecule has 2 N–H and O–H groups in total. The molecule has 0 saturated carbocycles. The predicted molar refractivity (Wildman–Crippen MR) is 92.8 cm³/mol. The van der Waals surface area contributed by atoms with Crippen LogP contribution in [0.5, 0.6) is 0 Å². The molecule has 3 rings (SSSR count). The first kappa shape index (κ1) is 17.1. The van der Waals surface area contributed by atoms with Crippen LogP contribution in [-0.4, -0.2) is 20.3 Å². The van der Waals surface area contributed by atoms with Crippen molar-refractivity contribution in [2.45, 2.75) is 13.5 Å². The van der Waals surface area contributed by atoms with Gasteiger partial charge in [0.2, 0.25) is 0 Å². The number of rotatable bonds is 4. The Morgan fingerprint density at radius 2 is 2.08 bits per heavy atom. The van der Waals surface area contributed by atoms with Crippen LogP contribution < -0.4 is 11.3 Å². The van der Waals surface area contributed by atoms with Gasteiger partial charge >= 0.3 is 5.97 Å². The molecule has 0 atom stereocenters. The van der Waals surface area contributed by atoms with Crippen LogP contribution in [0.25, 0.3) is 5.65 Å². The quantitative estimate of drug-likeness (QED) is 0.327. The van der Waals surface area contributed by atoms with Gasteiger partial charge in [-0.1, -0.05) is 0 Å². The number of nitro benzene ring substituents is 1. The molecule has 0 amide bonds. The minimum atomic E-state index is -0.761. The molecule has 0 saturated heterocycles. The second kappa shape index (κ2) is 6.63. The normalized spacial score (nSPS) is 10.7. The van der Waals surface area contributed by atoms with E-state index in [9.17, 15) is 19.7 Å². The van der Waals surface area contributed by atoms with Gasteiger partial charge in [0, 0.05) is 24.4 Å². The number of nitrogen functional groups attached to an aromatic ring is 1. The molecule has 2 aromatic heterocycles. The van der Waals surface area contributed by atoms with Gasteiger partial charge in [0.1, 0.15) is 12.3 Å². The number of nitro groups is 1. The van der Waals surface area contributed by atoms with E-state index in [1.165, 1.54) is 16.5 Å². The van der Waals surface area contributed by atoms with Gasteiger partial charge in [-0.2, -0.15) is 0 Å². The SMILES string of the molecule is Cc1ccn2c(=O)cc(COC(=O)c3ccc([N+](=O)[O-])cc3N)nc2c1. The Bertz CT molecular complexity index is 1090. The summed E-state index contributed by atoms with van der Waals surface area (Å²) in [6, 6.07) is 8.27. The molecule has 0 aliphatic heterocycles. The number of hydrogen-bond donors (Lipinski definition) is 1. The van der Waals surface area contributed by atoms with Gasteiger partial charge in [0.15, 0.2) is 0 Å². The van der Waals surface area contributed by atoms with Crippen LogP contribution in [0, 0.1) is 17.0 Å². The van der Waals surface area contributed by atoms with E-state index in [-0.39, 0.29) is 34.8 Å². The van der Waals surface area contributed by atoms with Crippen molar-refractivity contribution in [1.82, 2.24) is 9.38 Å². The van der Waals surface area contributed by atoms with Crippen molar-refractivity contribution in [1.29, 1.82) is 0 Å². The molecular formula is C17H14N4O5. The number of benzene rings is 1. The Labute approximate surface area is 146 Å². The highest BCUT2D eigenvalue weighted by Gasteiger charge is 2.16. The van der Waals surface area contributed by atoms with Crippen LogP contribution in [0.3, 0.4) is 0 Å². The lowest BCUT2D eigenvalue weighted by Crippen LogP contribution is -2.17. The lowest BCUT2D eigenvalue weighted by Gasteiger charge is -2.08. The van der Waals surface area contributed by atoms with E-state index in [4.69, 9.17) is 10.5 Å². The molecule has 26 heavy (non-hydrogen) atoms. The van der Waals surface area contributed by atoms with Crippen molar-refractivity contribution in [3.05, 3.63) is 79.9 Å². The Morgan fingerprint density at radius 3 is 2.77 bits per heavy atom. The number of hydrogen-bond acceptors (Lipinski definition) is 7. The zero-order valence-electron chi connectivity index (χ0n) is 13.7. The fourth-order valence-electron chi connectivity index (χ4n) is 2.39. The molecule has 0 unspecified atom stereocenters. The molecule has 132 valence electrons. The molecule has 0 spiro atoms. The molecular weight excluding hydrogens is 340 g/mol. The zero-order chi connectivity index (χ0) is 18.8. The summed E-state index contributed by atoms with van der Waals surface area (Å²) in [6.45, 7) is 1.64. The second-order valence-corrected chi connectivity index (χ2v) is 5.62. The maximum Gasteiger partial charge on any atom is 0.340 e. The van der Waals surface area contributed by atoms with Crippen LogP contribution in [0.4, 0.5) is 11.4 Å². The smallest absolute Gasteiger partial charge is 0.340 e. The number of pyridine rings is 1.